The molecule has 3 rings (SSSR count). The molecule has 0 saturated carbocycles. The van der Waals surface area contributed by atoms with Gasteiger partial charge >= 0.3 is 6.03 Å². The zero-order chi connectivity index (χ0) is 21.2. The van der Waals surface area contributed by atoms with E-state index in [4.69, 9.17) is 5.26 Å². The number of nitriles is 1. The van der Waals surface area contributed by atoms with Crippen molar-refractivity contribution in [2.45, 2.75) is 32.2 Å². The van der Waals surface area contributed by atoms with Crippen LogP contribution < -0.4 is 10.6 Å². The SMILES string of the molecule is CC(C)c1ccc([C@@]2(C)NC(=O)N(CC(=O)Nc3cccc(C#N)c3)C2=O)cc1. The molecule has 2 aromatic carbocycles. The number of carbonyl (C=O) groups excluding carboxylic acids is 3. The Kier molecular flexibility index (Phi) is 5.37. The van der Waals surface area contributed by atoms with E-state index < -0.39 is 29.9 Å². The molecule has 1 atom stereocenters. The number of anilines is 1. The molecule has 1 fully saturated rings. The molecular formula is C22H22N4O3. The molecule has 4 amide bonds. The lowest BCUT2D eigenvalue weighted by Crippen LogP contribution is -2.42. The molecule has 7 nitrogen and oxygen atoms in total. The summed E-state index contributed by atoms with van der Waals surface area (Å²) >= 11 is 0. The second-order valence-electron chi connectivity index (χ2n) is 7.46. The molecule has 7 heteroatoms. The zero-order valence-electron chi connectivity index (χ0n) is 16.5. The maximum absolute atomic E-state index is 13.0. The van der Waals surface area contributed by atoms with Crippen molar-refractivity contribution in [2.75, 3.05) is 11.9 Å². The first-order valence-electron chi connectivity index (χ1n) is 9.29. The molecule has 0 unspecified atom stereocenters. The van der Waals surface area contributed by atoms with Crippen LogP contribution in [0.2, 0.25) is 0 Å². The van der Waals surface area contributed by atoms with Gasteiger partial charge in [-0.1, -0.05) is 44.2 Å². The van der Waals surface area contributed by atoms with Gasteiger partial charge in [-0.25, -0.2) is 4.79 Å². The number of amides is 4. The van der Waals surface area contributed by atoms with E-state index in [1.807, 2.05) is 30.3 Å². The zero-order valence-corrected chi connectivity index (χ0v) is 16.5. The van der Waals surface area contributed by atoms with Crippen molar-refractivity contribution in [3.05, 3.63) is 65.2 Å². The lowest BCUT2D eigenvalue weighted by molar-refractivity contribution is -0.133. The predicted molar refractivity (Wildman–Crippen MR) is 108 cm³/mol. The van der Waals surface area contributed by atoms with E-state index in [1.165, 1.54) is 6.07 Å². The van der Waals surface area contributed by atoms with Crippen molar-refractivity contribution < 1.29 is 14.4 Å². The van der Waals surface area contributed by atoms with Gasteiger partial charge < -0.3 is 10.6 Å². The maximum Gasteiger partial charge on any atom is 0.325 e. The van der Waals surface area contributed by atoms with Gasteiger partial charge in [-0.2, -0.15) is 5.26 Å². The van der Waals surface area contributed by atoms with E-state index in [9.17, 15) is 14.4 Å². The number of hydrogen-bond acceptors (Lipinski definition) is 4. The van der Waals surface area contributed by atoms with Gasteiger partial charge in [0, 0.05) is 5.69 Å². The molecule has 2 N–H and O–H groups in total. The highest BCUT2D eigenvalue weighted by Crippen LogP contribution is 2.30. The van der Waals surface area contributed by atoms with Crippen molar-refractivity contribution in [3.63, 3.8) is 0 Å². The summed E-state index contributed by atoms with van der Waals surface area (Å²) < 4.78 is 0. The average molecular weight is 390 g/mol. The van der Waals surface area contributed by atoms with Gasteiger partial charge in [0.15, 0.2) is 0 Å². The van der Waals surface area contributed by atoms with Crippen LogP contribution in [0.4, 0.5) is 10.5 Å². The Morgan fingerprint density at radius 3 is 2.52 bits per heavy atom. The Morgan fingerprint density at radius 1 is 1.21 bits per heavy atom. The summed E-state index contributed by atoms with van der Waals surface area (Å²) in [4.78, 5) is 38.6. The van der Waals surface area contributed by atoms with Crippen LogP contribution >= 0.6 is 0 Å². The summed E-state index contributed by atoms with van der Waals surface area (Å²) in [5.41, 5.74) is 1.38. The van der Waals surface area contributed by atoms with Gasteiger partial charge in [0.2, 0.25) is 5.91 Å². The van der Waals surface area contributed by atoms with E-state index in [0.717, 1.165) is 10.5 Å². The standard InChI is InChI=1S/C22H22N4O3/c1-14(2)16-7-9-17(10-8-16)22(3)20(28)26(21(29)25-22)13-19(27)24-18-6-4-5-15(11-18)12-23/h4-11,14H,13H2,1-3H3,(H,24,27)(H,25,29)/t22-/m1/s1. The second-order valence-corrected chi connectivity index (χ2v) is 7.46. The molecule has 1 heterocycles. The molecule has 1 saturated heterocycles. The van der Waals surface area contributed by atoms with Crippen LogP contribution in [0.15, 0.2) is 48.5 Å². The fourth-order valence-corrected chi connectivity index (χ4v) is 3.25. The van der Waals surface area contributed by atoms with E-state index in [0.29, 0.717) is 22.7 Å². The first-order chi connectivity index (χ1) is 13.7. The minimum Gasteiger partial charge on any atom is -0.324 e. The molecule has 0 spiro atoms. The van der Waals surface area contributed by atoms with Crippen LogP contribution in [-0.2, 0) is 15.1 Å². The van der Waals surface area contributed by atoms with Gasteiger partial charge in [-0.3, -0.25) is 14.5 Å². The quantitative estimate of drug-likeness (QED) is 0.766. The lowest BCUT2D eigenvalue weighted by Gasteiger charge is -2.22. The van der Waals surface area contributed by atoms with Gasteiger partial charge in [-0.05, 0) is 42.2 Å². The Bertz CT molecular complexity index is 1010. The summed E-state index contributed by atoms with van der Waals surface area (Å²) in [5, 5.41) is 14.2. The monoisotopic (exact) mass is 390 g/mol. The predicted octanol–water partition coefficient (Wildman–Crippen LogP) is 3.09. The molecule has 2 aromatic rings. The van der Waals surface area contributed by atoms with Crippen molar-refractivity contribution in [3.8, 4) is 6.07 Å². The van der Waals surface area contributed by atoms with Crippen molar-refractivity contribution in [2.24, 2.45) is 0 Å². The third-order valence-electron chi connectivity index (χ3n) is 5.01. The molecule has 1 aliphatic rings. The molecule has 1 aliphatic heterocycles. The molecule has 0 aromatic heterocycles. The van der Waals surface area contributed by atoms with Crippen molar-refractivity contribution in [1.82, 2.24) is 10.2 Å². The number of urea groups is 1. The Balaban J connectivity index is 1.74. The molecule has 0 bridgehead atoms. The minimum atomic E-state index is -1.23. The fraction of sp³-hybridized carbons (Fsp3) is 0.273. The number of imide groups is 1. The van der Waals surface area contributed by atoms with E-state index in [2.05, 4.69) is 24.5 Å². The van der Waals surface area contributed by atoms with E-state index in [-0.39, 0.29) is 0 Å². The number of benzene rings is 2. The van der Waals surface area contributed by atoms with Crippen molar-refractivity contribution in [1.29, 1.82) is 5.26 Å². The highest BCUT2D eigenvalue weighted by Gasteiger charge is 2.49. The number of nitrogens with one attached hydrogen (secondary N) is 2. The highest BCUT2D eigenvalue weighted by molar-refractivity contribution is 6.10. The summed E-state index contributed by atoms with van der Waals surface area (Å²) in [6.45, 7) is 5.37. The molecule has 0 radical (unpaired) electrons. The molecule has 0 aliphatic carbocycles. The third-order valence-corrected chi connectivity index (χ3v) is 5.01. The first-order valence-corrected chi connectivity index (χ1v) is 9.29. The maximum atomic E-state index is 13.0. The van der Waals surface area contributed by atoms with Gasteiger partial charge in [0.25, 0.3) is 5.91 Å². The van der Waals surface area contributed by atoms with Crippen molar-refractivity contribution >= 4 is 23.5 Å². The highest BCUT2D eigenvalue weighted by atomic mass is 16.2. The Hall–Kier alpha value is -3.66. The second kappa shape index (κ2) is 7.76. The first kappa shape index (κ1) is 20.1. The fourth-order valence-electron chi connectivity index (χ4n) is 3.25. The number of carbonyl (C=O) groups is 3. The van der Waals surface area contributed by atoms with Crippen LogP contribution in [0.5, 0.6) is 0 Å². The van der Waals surface area contributed by atoms with Gasteiger partial charge in [0.05, 0.1) is 11.6 Å². The summed E-state index contributed by atoms with van der Waals surface area (Å²) in [6, 6.07) is 15.3. The number of nitrogens with zero attached hydrogens (tertiary/aromatic N) is 2. The average Bonchev–Trinajstić information content (AvgIpc) is 2.92. The summed E-state index contributed by atoms with van der Waals surface area (Å²) in [6.07, 6.45) is 0. The molecular weight excluding hydrogens is 368 g/mol. The van der Waals surface area contributed by atoms with Crippen LogP contribution in [-0.4, -0.2) is 29.3 Å². The third kappa shape index (κ3) is 3.97. The lowest BCUT2D eigenvalue weighted by atomic mass is 9.90. The van der Waals surface area contributed by atoms with Gasteiger partial charge in [0.1, 0.15) is 12.1 Å². The topological polar surface area (TPSA) is 102 Å². The number of hydrogen-bond donors (Lipinski definition) is 2. The molecule has 29 heavy (non-hydrogen) atoms. The smallest absolute Gasteiger partial charge is 0.324 e. The summed E-state index contributed by atoms with van der Waals surface area (Å²) in [5.74, 6) is -0.658. The van der Waals surface area contributed by atoms with E-state index >= 15 is 0 Å². The molecule has 148 valence electrons. The Morgan fingerprint density at radius 2 is 1.90 bits per heavy atom. The Labute approximate surface area is 169 Å². The van der Waals surface area contributed by atoms with Crippen LogP contribution in [0.25, 0.3) is 0 Å². The van der Waals surface area contributed by atoms with Gasteiger partial charge in [-0.15, -0.1) is 0 Å². The number of rotatable bonds is 5. The minimum absolute atomic E-state index is 0.352. The summed E-state index contributed by atoms with van der Waals surface area (Å²) in [7, 11) is 0. The van der Waals surface area contributed by atoms with Crippen LogP contribution in [0.1, 0.15) is 43.4 Å². The largest absolute Gasteiger partial charge is 0.325 e. The normalized spacial score (nSPS) is 18.5. The van der Waals surface area contributed by atoms with E-state index in [1.54, 1.807) is 25.1 Å². The van der Waals surface area contributed by atoms with Crippen LogP contribution in [0, 0.1) is 11.3 Å². The van der Waals surface area contributed by atoms with Crippen LogP contribution in [0.3, 0.4) is 0 Å².